The highest BCUT2D eigenvalue weighted by Crippen LogP contribution is 2.15. The van der Waals surface area contributed by atoms with Gasteiger partial charge in [0.2, 0.25) is 0 Å². The lowest BCUT2D eigenvalue weighted by Gasteiger charge is -1.96. The second-order valence-corrected chi connectivity index (χ2v) is 2.59. The SMILES string of the molecule is Cc1nc(C=CC=O)ccc1[N+](=O)[O-]. The summed E-state index contributed by atoms with van der Waals surface area (Å²) >= 11 is 0. The van der Waals surface area contributed by atoms with Crippen LogP contribution in [-0.4, -0.2) is 16.2 Å². The molecule has 0 spiro atoms. The van der Waals surface area contributed by atoms with Gasteiger partial charge in [0.1, 0.15) is 12.0 Å². The zero-order valence-corrected chi connectivity index (χ0v) is 7.51. The zero-order chi connectivity index (χ0) is 10.6. The number of carbonyl (C=O) groups excluding carboxylic acids is 1. The van der Waals surface area contributed by atoms with Gasteiger partial charge in [0.05, 0.1) is 10.6 Å². The average molecular weight is 192 g/mol. The standard InChI is InChI=1S/C9H8N2O3/c1-7-9(11(13)14)5-4-8(10-7)3-2-6-12/h2-6H,1H3. The van der Waals surface area contributed by atoms with Crippen LogP contribution in [0.4, 0.5) is 5.69 Å². The number of pyridine rings is 1. The highest BCUT2D eigenvalue weighted by molar-refractivity contribution is 5.73. The fourth-order valence-corrected chi connectivity index (χ4v) is 0.997. The molecule has 5 heteroatoms. The van der Waals surface area contributed by atoms with E-state index in [2.05, 4.69) is 4.98 Å². The molecule has 0 amide bonds. The molecule has 1 aromatic heterocycles. The third-order valence-electron chi connectivity index (χ3n) is 1.62. The number of hydrogen-bond donors (Lipinski definition) is 0. The van der Waals surface area contributed by atoms with Gasteiger partial charge in [-0.05, 0) is 25.1 Å². The number of nitro groups is 1. The van der Waals surface area contributed by atoms with Gasteiger partial charge < -0.3 is 0 Å². The minimum atomic E-state index is -0.491. The average Bonchev–Trinajstić information content (AvgIpc) is 2.14. The summed E-state index contributed by atoms with van der Waals surface area (Å²) in [7, 11) is 0. The van der Waals surface area contributed by atoms with Crippen LogP contribution in [0, 0.1) is 17.0 Å². The summed E-state index contributed by atoms with van der Waals surface area (Å²) in [5.41, 5.74) is 0.844. The highest BCUT2D eigenvalue weighted by Gasteiger charge is 2.10. The van der Waals surface area contributed by atoms with Gasteiger partial charge in [0, 0.05) is 6.07 Å². The Morgan fingerprint density at radius 2 is 2.21 bits per heavy atom. The number of aldehydes is 1. The largest absolute Gasteiger partial charge is 0.299 e. The minimum absolute atomic E-state index is 0.0201. The molecule has 72 valence electrons. The molecule has 5 nitrogen and oxygen atoms in total. The van der Waals surface area contributed by atoms with Crippen molar-refractivity contribution in [2.45, 2.75) is 6.92 Å². The van der Waals surface area contributed by atoms with Gasteiger partial charge >= 0.3 is 0 Å². The molecule has 0 aromatic carbocycles. The van der Waals surface area contributed by atoms with Crippen molar-refractivity contribution >= 4 is 18.0 Å². The van der Waals surface area contributed by atoms with E-state index in [4.69, 9.17) is 0 Å². The summed E-state index contributed by atoms with van der Waals surface area (Å²) in [6.07, 6.45) is 3.40. The molecule has 0 bridgehead atoms. The van der Waals surface area contributed by atoms with Crippen molar-refractivity contribution in [1.82, 2.24) is 4.98 Å². The molecule has 0 saturated carbocycles. The van der Waals surface area contributed by atoms with E-state index in [1.54, 1.807) is 6.92 Å². The molecule has 0 aliphatic rings. The van der Waals surface area contributed by atoms with Gasteiger partial charge in [-0.25, -0.2) is 4.98 Å². The van der Waals surface area contributed by atoms with E-state index in [1.807, 2.05) is 0 Å². The van der Waals surface area contributed by atoms with Crippen LogP contribution in [0.1, 0.15) is 11.4 Å². The molecule has 0 atom stereocenters. The number of aryl methyl sites for hydroxylation is 1. The Labute approximate surface area is 80.2 Å². The Morgan fingerprint density at radius 1 is 1.50 bits per heavy atom. The van der Waals surface area contributed by atoms with Gasteiger partial charge in [0.15, 0.2) is 0 Å². The summed E-state index contributed by atoms with van der Waals surface area (Å²) in [5, 5.41) is 10.4. The Bertz CT molecular complexity index is 399. The van der Waals surface area contributed by atoms with Crippen LogP contribution in [0.3, 0.4) is 0 Å². The monoisotopic (exact) mass is 192 g/mol. The second-order valence-electron chi connectivity index (χ2n) is 2.59. The summed E-state index contributed by atoms with van der Waals surface area (Å²) in [5.74, 6) is 0. The van der Waals surface area contributed by atoms with Gasteiger partial charge in [-0.15, -0.1) is 0 Å². The molecule has 1 aromatic rings. The van der Waals surface area contributed by atoms with Gasteiger partial charge in [0.25, 0.3) is 5.69 Å². The summed E-state index contributed by atoms with van der Waals surface area (Å²) in [6.45, 7) is 1.55. The van der Waals surface area contributed by atoms with Crippen molar-refractivity contribution < 1.29 is 9.72 Å². The molecule has 1 rings (SSSR count). The third kappa shape index (κ3) is 2.22. The van der Waals surface area contributed by atoms with Crippen molar-refractivity contribution in [3.8, 4) is 0 Å². The van der Waals surface area contributed by atoms with Crippen LogP contribution < -0.4 is 0 Å². The maximum absolute atomic E-state index is 10.4. The van der Waals surface area contributed by atoms with E-state index in [-0.39, 0.29) is 5.69 Å². The maximum Gasteiger partial charge on any atom is 0.290 e. The topological polar surface area (TPSA) is 73.1 Å². The highest BCUT2D eigenvalue weighted by atomic mass is 16.6. The number of carbonyl (C=O) groups is 1. The molecule has 1 heterocycles. The molecular weight excluding hydrogens is 184 g/mol. The first-order chi connectivity index (χ1) is 6.65. The molecule has 0 fully saturated rings. The van der Waals surface area contributed by atoms with Crippen molar-refractivity contribution in [2.75, 3.05) is 0 Å². The van der Waals surface area contributed by atoms with Crippen LogP contribution >= 0.6 is 0 Å². The number of rotatable bonds is 3. The lowest BCUT2D eigenvalue weighted by Crippen LogP contribution is -1.95. The van der Waals surface area contributed by atoms with Crippen molar-refractivity contribution in [3.05, 3.63) is 39.7 Å². The predicted octanol–water partition coefficient (Wildman–Crippen LogP) is 1.51. The zero-order valence-electron chi connectivity index (χ0n) is 7.51. The van der Waals surface area contributed by atoms with Gasteiger partial charge in [-0.2, -0.15) is 0 Å². The first-order valence-electron chi connectivity index (χ1n) is 3.89. The van der Waals surface area contributed by atoms with E-state index >= 15 is 0 Å². The minimum Gasteiger partial charge on any atom is -0.299 e. The Kier molecular flexibility index (Phi) is 3.06. The molecule has 14 heavy (non-hydrogen) atoms. The molecular formula is C9H8N2O3. The number of nitrogens with zero attached hydrogens (tertiary/aromatic N) is 2. The number of aromatic nitrogens is 1. The fraction of sp³-hybridized carbons (Fsp3) is 0.111. The molecule has 0 radical (unpaired) electrons. The van der Waals surface area contributed by atoms with Crippen molar-refractivity contribution in [1.29, 1.82) is 0 Å². The number of hydrogen-bond acceptors (Lipinski definition) is 4. The van der Waals surface area contributed by atoms with Crippen LogP contribution in [0.5, 0.6) is 0 Å². The lowest BCUT2D eigenvalue weighted by molar-refractivity contribution is -0.385. The Hall–Kier alpha value is -2.04. The smallest absolute Gasteiger partial charge is 0.290 e. The molecule has 0 unspecified atom stereocenters. The molecule has 0 N–H and O–H groups in total. The molecule has 0 saturated heterocycles. The van der Waals surface area contributed by atoms with Crippen LogP contribution in [0.2, 0.25) is 0 Å². The first kappa shape index (κ1) is 10.0. The van der Waals surface area contributed by atoms with Crippen LogP contribution in [0.15, 0.2) is 18.2 Å². The van der Waals surface area contributed by atoms with E-state index < -0.39 is 4.92 Å². The second kappa shape index (κ2) is 4.27. The lowest BCUT2D eigenvalue weighted by atomic mass is 10.2. The quantitative estimate of drug-likeness (QED) is 0.315. The van der Waals surface area contributed by atoms with E-state index in [1.165, 1.54) is 24.3 Å². The van der Waals surface area contributed by atoms with E-state index in [0.717, 1.165) is 0 Å². The van der Waals surface area contributed by atoms with Crippen molar-refractivity contribution in [3.63, 3.8) is 0 Å². The molecule has 0 aliphatic carbocycles. The maximum atomic E-state index is 10.4. The summed E-state index contributed by atoms with van der Waals surface area (Å²) in [6, 6.07) is 2.86. The molecule has 0 aliphatic heterocycles. The first-order valence-corrected chi connectivity index (χ1v) is 3.89. The predicted molar refractivity (Wildman–Crippen MR) is 50.7 cm³/mol. The summed E-state index contributed by atoms with van der Waals surface area (Å²) < 4.78 is 0. The summed E-state index contributed by atoms with van der Waals surface area (Å²) in [4.78, 5) is 23.9. The van der Waals surface area contributed by atoms with E-state index in [0.29, 0.717) is 17.7 Å². The number of allylic oxidation sites excluding steroid dienone is 1. The Morgan fingerprint density at radius 3 is 2.71 bits per heavy atom. The normalized spacial score (nSPS) is 10.4. The van der Waals surface area contributed by atoms with Crippen LogP contribution in [-0.2, 0) is 4.79 Å². The van der Waals surface area contributed by atoms with Crippen molar-refractivity contribution in [2.24, 2.45) is 0 Å². The Balaban J connectivity index is 3.06. The van der Waals surface area contributed by atoms with E-state index in [9.17, 15) is 14.9 Å². The third-order valence-corrected chi connectivity index (χ3v) is 1.62. The fourth-order valence-electron chi connectivity index (χ4n) is 0.997. The van der Waals surface area contributed by atoms with Crippen LogP contribution in [0.25, 0.3) is 6.08 Å². The van der Waals surface area contributed by atoms with Gasteiger partial charge in [-0.1, -0.05) is 0 Å². The van der Waals surface area contributed by atoms with Gasteiger partial charge in [-0.3, -0.25) is 14.9 Å².